The normalized spacial score (nSPS) is 16.3. The minimum atomic E-state index is -0.265. The fraction of sp³-hybridized carbons (Fsp3) is 0.455. The molecule has 0 aliphatic carbocycles. The lowest BCUT2D eigenvalue weighted by Crippen LogP contribution is -2.17. The second kappa shape index (κ2) is 3.96. The van der Waals surface area contributed by atoms with Crippen LogP contribution in [0.1, 0.15) is 18.4 Å². The number of anilines is 1. The lowest BCUT2D eigenvalue weighted by molar-refractivity contribution is 0.281. The van der Waals surface area contributed by atoms with Crippen LogP contribution in [0.2, 0.25) is 0 Å². The molecule has 1 N–H and O–H groups in total. The largest absolute Gasteiger partial charge is 0.392 e. The molecule has 0 unspecified atom stereocenters. The molecule has 1 aliphatic rings. The van der Waals surface area contributed by atoms with Gasteiger partial charge in [-0.15, -0.1) is 0 Å². The van der Waals surface area contributed by atoms with E-state index in [4.69, 9.17) is 5.11 Å². The summed E-state index contributed by atoms with van der Waals surface area (Å²) in [5.74, 6) is -0.265. The van der Waals surface area contributed by atoms with Crippen LogP contribution in [0.4, 0.5) is 10.1 Å². The molecule has 0 spiro atoms. The topological polar surface area (TPSA) is 23.5 Å². The molecule has 1 aromatic rings. The van der Waals surface area contributed by atoms with Crippen molar-refractivity contribution < 1.29 is 9.50 Å². The zero-order valence-electron chi connectivity index (χ0n) is 8.04. The Labute approximate surface area is 83.0 Å². The third-order valence-electron chi connectivity index (χ3n) is 2.60. The molecule has 3 heteroatoms. The summed E-state index contributed by atoms with van der Waals surface area (Å²) < 4.78 is 13.1. The Morgan fingerprint density at radius 1 is 1.21 bits per heavy atom. The molecule has 2 nitrogen and oxygen atoms in total. The first-order valence-corrected chi connectivity index (χ1v) is 4.95. The molecule has 2 rings (SSSR count). The van der Waals surface area contributed by atoms with E-state index in [2.05, 4.69) is 4.90 Å². The van der Waals surface area contributed by atoms with Crippen LogP contribution in [0.15, 0.2) is 18.2 Å². The Balaban J connectivity index is 2.27. The summed E-state index contributed by atoms with van der Waals surface area (Å²) in [7, 11) is 0. The van der Waals surface area contributed by atoms with Gasteiger partial charge in [-0.05, 0) is 36.6 Å². The number of rotatable bonds is 2. The van der Waals surface area contributed by atoms with Gasteiger partial charge in [-0.25, -0.2) is 4.39 Å². The van der Waals surface area contributed by atoms with Gasteiger partial charge >= 0.3 is 0 Å². The zero-order valence-corrected chi connectivity index (χ0v) is 8.04. The maximum atomic E-state index is 13.1. The molecule has 14 heavy (non-hydrogen) atoms. The first kappa shape index (κ1) is 9.46. The van der Waals surface area contributed by atoms with Crippen molar-refractivity contribution in [2.75, 3.05) is 18.0 Å². The lowest BCUT2D eigenvalue weighted by Gasteiger charge is -2.18. The van der Waals surface area contributed by atoms with Gasteiger partial charge < -0.3 is 10.0 Å². The van der Waals surface area contributed by atoms with Crippen molar-refractivity contribution in [1.82, 2.24) is 0 Å². The average Bonchev–Trinajstić information content (AvgIpc) is 2.69. The van der Waals surface area contributed by atoms with Crippen molar-refractivity contribution in [1.29, 1.82) is 0 Å². The van der Waals surface area contributed by atoms with Gasteiger partial charge in [0.1, 0.15) is 5.82 Å². The Kier molecular flexibility index (Phi) is 2.68. The second-order valence-corrected chi connectivity index (χ2v) is 3.67. The van der Waals surface area contributed by atoms with E-state index in [9.17, 15) is 4.39 Å². The molecular formula is C11H14FNO. The molecule has 1 aliphatic heterocycles. The molecule has 1 aromatic carbocycles. The summed E-state index contributed by atoms with van der Waals surface area (Å²) in [6, 6.07) is 4.76. The zero-order chi connectivity index (χ0) is 9.97. The van der Waals surface area contributed by atoms with Gasteiger partial charge in [0, 0.05) is 18.8 Å². The highest BCUT2D eigenvalue weighted by Crippen LogP contribution is 2.22. The molecule has 0 bridgehead atoms. The standard InChI is InChI=1S/C11H14FNO/c12-10-5-9(8-14)6-11(7-10)13-3-1-2-4-13/h5-7,14H,1-4,8H2. The maximum absolute atomic E-state index is 13.1. The van der Waals surface area contributed by atoms with Crippen molar-refractivity contribution in [3.63, 3.8) is 0 Å². The highest BCUT2D eigenvalue weighted by atomic mass is 19.1. The smallest absolute Gasteiger partial charge is 0.125 e. The van der Waals surface area contributed by atoms with Crippen molar-refractivity contribution in [2.45, 2.75) is 19.4 Å². The van der Waals surface area contributed by atoms with Gasteiger partial charge in [0.05, 0.1) is 6.61 Å². The van der Waals surface area contributed by atoms with Crippen molar-refractivity contribution in [3.05, 3.63) is 29.6 Å². The summed E-state index contributed by atoms with van der Waals surface area (Å²) in [6.07, 6.45) is 2.34. The summed E-state index contributed by atoms with van der Waals surface area (Å²) in [6.45, 7) is 1.89. The van der Waals surface area contributed by atoms with Gasteiger partial charge in [-0.3, -0.25) is 0 Å². The van der Waals surface area contributed by atoms with E-state index in [1.54, 1.807) is 0 Å². The van der Waals surface area contributed by atoms with E-state index in [0.29, 0.717) is 5.56 Å². The number of nitrogens with zero attached hydrogens (tertiary/aromatic N) is 1. The molecular weight excluding hydrogens is 181 g/mol. The van der Waals surface area contributed by atoms with Gasteiger partial charge in [-0.2, -0.15) is 0 Å². The van der Waals surface area contributed by atoms with E-state index in [1.165, 1.54) is 25.0 Å². The molecule has 0 amide bonds. The third kappa shape index (κ3) is 1.87. The maximum Gasteiger partial charge on any atom is 0.125 e. The molecule has 0 radical (unpaired) electrons. The number of hydrogen-bond donors (Lipinski definition) is 1. The SMILES string of the molecule is OCc1cc(F)cc(N2CCCC2)c1. The fourth-order valence-electron chi connectivity index (χ4n) is 1.88. The number of aliphatic hydroxyl groups excluding tert-OH is 1. The fourth-order valence-corrected chi connectivity index (χ4v) is 1.88. The molecule has 76 valence electrons. The minimum Gasteiger partial charge on any atom is -0.392 e. The van der Waals surface area contributed by atoms with Crippen LogP contribution >= 0.6 is 0 Å². The first-order valence-electron chi connectivity index (χ1n) is 4.95. The third-order valence-corrected chi connectivity index (χ3v) is 2.60. The first-order chi connectivity index (χ1) is 6.79. The van der Waals surface area contributed by atoms with Crippen LogP contribution in [-0.4, -0.2) is 18.2 Å². The molecule has 1 fully saturated rings. The van der Waals surface area contributed by atoms with Gasteiger partial charge in [0.25, 0.3) is 0 Å². The van der Waals surface area contributed by atoms with Crippen molar-refractivity contribution >= 4 is 5.69 Å². The predicted molar refractivity (Wildman–Crippen MR) is 53.8 cm³/mol. The Morgan fingerprint density at radius 3 is 2.57 bits per heavy atom. The molecule has 0 atom stereocenters. The second-order valence-electron chi connectivity index (χ2n) is 3.67. The van der Waals surface area contributed by atoms with E-state index in [1.807, 2.05) is 6.07 Å². The molecule has 0 saturated carbocycles. The Morgan fingerprint density at radius 2 is 1.93 bits per heavy atom. The van der Waals surface area contributed by atoms with E-state index in [-0.39, 0.29) is 12.4 Å². The number of halogens is 1. The summed E-state index contributed by atoms with van der Waals surface area (Å²) >= 11 is 0. The van der Waals surface area contributed by atoms with Crippen LogP contribution in [0.25, 0.3) is 0 Å². The summed E-state index contributed by atoms with van der Waals surface area (Å²) in [5, 5.41) is 8.94. The minimum absolute atomic E-state index is 0.0986. The summed E-state index contributed by atoms with van der Waals surface area (Å²) in [4.78, 5) is 2.15. The van der Waals surface area contributed by atoms with E-state index < -0.39 is 0 Å². The highest BCUT2D eigenvalue weighted by Gasteiger charge is 2.13. The van der Waals surface area contributed by atoms with Gasteiger partial charge in [-0.1, -0.05) is 0 Å². The van der Waals surface area contributed by atoms with Crippen LogP contribution in [-0.2, 0) is 6.61 Å². The highest BCUT2D eigenvalue weighted by molar-refractivity contribution is 5.49. The Hall–Kier alpha value is -1.09. The van der Waals surface area contributed by atoms with Crippen molar-refractivity contribution in [3.8, 4) is 0 Å². The van der Waals surface area contributed by atoms with E-state index >= 15 is 0 Å². The number of aliphatic hydroxyl groups is 1. The Bertz CT molecular complexity index is 321. The van der Waals surface area contributed by atoms with Gasteiger partial charge in [0.2, 0.25) is 0 Å². The molecule has 0 aromatic heterocycles. The van der Waals surface area contributed by atoms with Crippen LogP contribution in [0.5, 0.6) is 0 Å². The van der Waals surface area contributed by atoms with Crippen LogP contribution in [0, 0.1) is 5.82 Å². The summed E-state index contributed by atoms with van der Waals surface area (Å²) in [5.41, 5.74) is 1.54. The van der Waals surface area contributed by atoms with Crippen LogP contribution < -0.4 is 4.90 Å². The van der Waals surface area contributed by atoms with E-state index in [0.717, 1.165) is 18.8 Å². The molecule has 1 heterocycles. The van der Waals surface area contributed by atoms with Crippen LogP contribution in [0.3, 0.4) is 0 Å². The monoisotopic (exact) mass is 195 g/mol. The van der Waals surface area contributed by atoms with Crippen molar-refractivity contribution in [2.24, 2.45) is 0 Å². The van der Waals surface area contributed by atoms with Gasteiger partial charge in [0.15, 0.2) is 0 Å². The number of benzene rings is 1. The number of hydrogen-bond acceptors (Lipinski definition) is 2. The average molecular weight is 195 g/mol. The predicted octanol–water partition coefficient (Wildman–Crippen LogP) is 1.92. The lowest BCUT2D eigenvalue weighted by atomic mass is 10.2. The quantitative estimate of drug-likeness (QED) is 0.779. The molecule has 1 saturated heterocycles.